The van der Waals surface area contributed by atoms with E-state index in [0.29, 0.717) is 0 Å². The molecule has 2 atom stereocenters. The van der Waals surface area contributed by atoms with Crippen LogP contribution in [0.4, 0.5) is 26.1 Å². The lowest BCUT2D eigenvalue weighted by Gasteiger charge is -2.28. The zero-order chi connectivity index (χ0) is 19.7. The molecule has 144 valence electrons. The van der Waals surface area contributed by atoms with Gasteiger partial charge in [-0.2, -0.15) is 4.98 Å². The van der Waals surface area contributed by atoms with Crippen molar-refractivity contribution in [2.24, 2.45) is 0 Å². The van der Waals surface area contributed by atoms with Crippen LogP contribution in [0.1, 0.15) is 30.0 Å². The second-order valence-electron chi connectivity index (χ2n) is 6.02. The third kappa shape index (κ3) is 3.78. The maximum absolute atomic E-state index is 13.2. The molecule has 1 aromatic heterocycles. The highest BCUT2D eigenvalue weighted by molar-refractivity contribution is 6.02. The first kappa shape index (κ1) is 18.5. The zero-order valence-electron chi connectivity index (χ0n) is 14.3. The van der Waals surface area contributed by atoms with Crippen LogP contribution >= 0.6 is 0 Å². The van der Waals surface area contributed by atoms with E-state index in [4.69, 9.17) is 4.74 Å². The Morgan fingerprint density at radius 1 is 1.48 bits per heavy atom. The Morgan fingerprint density at radius 3 is 2.85 bits per heavy atom. The summed E-state index contributed by atoms with van der Waals surface area (Å²) in [6.45, 7) is 1.72. The van der Waals surface area contributed by atoms with E-state index in [1.54, 1.807) is 6.92 Å². The van der Waals surface area contributed by atoms with Crippen molar-refractivity contribution in [1.82, 2.24) is 14.8 Å². The zero-order valence-corrected chi connectivity index (χ0v) is 14.3. The summed E-state index contributed by atoms with van der Waals surface area (Å²) < 4.78 is 32.4. The number of nitro benzene ring substituents is 1. The number of halogens is 2. The maximum atomic E-state index is 13.2. The Balaban J connectivity index is 1.87. The van der Waals surface area contributed by atoms with Gasteiger partial charge in [-0.25, -0.2) is 13.5 Å². The van der Waals surface area contributed by atoms with Crippen molar-refractivity contribution in [3.05, 3.63) is 34.1 Å². The topological polar surface area (TPSA) is 124 Å². The van der Waals surface area contributed by atoms with E-state index in [0.717, 1.165) is 10.7 Å². The van der Waals surface area contributed by atoms with Crippen LogP contribution in [0, 0.1) is 10.1 Å². The summed E-state index contributed by atoms with van der Waals surface area (Å²) in [7, 11) is 1.33. The minimum atomic E-state index is -2.66. The largest absolute Gasteiger partial charge is 0.496 e. The van der Waals surface area contributed by atoms with Crippen LogP contribution < -0.4 is 15.4 Å². The maximum Gasteiger partial charge on any atom is 0.295 e. The summed E-state index contributed by atoms with van der Waals surface area (Å²) >= 11 is 0. The van der Waals surface area contributed by atoms with E-state index in [1.807, 2.05) is 0 Å². The predicted molar refractivity (Wildman–Crippen MR) is 90.4 cm³/mol. The number of benzene rings is 1. The molecule has 27 heavy (non-hydrogen) atoms. The van der Waals surface area contributed by atoms with Crippen molar-refractivity contribution in [3.63, 3.8) is 0 Å². The molecule has 12 heteroatoms. The first-order chi connectivity index (χ1) is 12.8. The van der Waals surface area contributed by atoms with Crippen molar-refractivity contribution >= 4 is 23.2 Å². The molecule has 0 bridgehead atoms. The number of non-ortho nitro benzene ring substituents is 1. The molecule has 0 spiro atoms. The molecule has 0 fully saturated rings. The molecule has 2 heterocycles. The van der Waals surface area contributed by atoms with Crippen LogP contribution in [-0.2, 0) is 0 Å². The molecule has 0 aliphatic carbocycles. The van der Waals surface area contributed by atoms with Crippen LogP contribution in [-0.4, -0.2) is 45.2 Å². The number of nitro groups is 1. The van der Waals surface area contributed by atoms with Crippen molar-refractivity contribution < 1.29 is 23.2 Å². The second-order valence-corrected chi connectivity index (χ2v) is 6.02. The first-order valence-electron chi connectivity index (χ1n) is 7.94. The summed E-state index contributed by atoms with van der Waals surface area (Å²) in [6, 6.07) is 2.27. The molecule has 1 aliphatic rings. The van der Waals surface area contributed by atoms with E-state index in [-0.39, 0.29) is 41.4 Å². The van der Waals surface area contributed by atoms with E-state index in [9.17, 15) is 23.7 Å². The van der Waals surface area contributed by atoms with Crippen LogP contribution in [0.25, 0.3) is 0 Å². The number of aromatic nitrogens is 3. The molecular weight excluding hydrogens is 366 g/mol. The lowest BCUT2D eigenvalue weighted by Crippen LogP contribution is -2.33. The molecule has 1 aliphatic heterocycles. The molecule has 0 saturated carbocycles. The number of hydrogen-bond donors (Lipinski definition) is 2. The summed E-state index contributed by atoms with van der Waals surface area (Å²) in [6.07, 6.45) is -2.52. The number of hydrogen-bond acceptors (Lipinski definition) is 7. The van der Waals surface area contributed by atoms with Gasteiger partial charge in [0.25, 0.3) is 18.0 Å². The van der Waals surface area contributed by atoms with Crippen LogP contribution in [0.15, 0.2) is 18.2 Å². The number of carbonyl (C=O) groups is 1. The number of amides is 1. The number of carbonyl (C=O) groups excluding carboxylic acids is 1. The van der Waals surface area contributed by atoms with E-state index < -0.39 is 23.3 Å². The second kappa shape index (κ2) is 7.13. The molecule has 2 aromatic rings. The normalized spacial score (nSPS) is 18.6. The third-order valence-corrected chi connectivity index (χ3v) is 4.01. The molecule has 1 aromatic carbocycles. The monoisotopic (exact) mass is 382 g/mol. The summed E-state index contributed by atoms with van der Waals surface area (Å²) in [5.74, 6) is -0.879. The Labute approximate surface area is 151 Å². The molecule has 0 saturated heterocycles. The Morgan fingerprint density at radius 2 is 2.22 bits per heavy atom. The number of fused-ring (bicyclic) bond motifs is 1. The quantitative estimate of drug-likeness (QED) is 0.601. The fraction of sp³-hybridized carbons (Fsp3) is 0.400. The van der Waals surface area contributed by atoms with E-state index in [2.05, 4.69) is 20.7 Å². The SMILES string of the molecule is COc1cc(NC(=O)c2nc3n(n2)C(C(F)F)CC(C)N3)cc([N+](=O)[O-])c1. The standard InChI is InChI=1S/C15H16F2N6O4/c1-7-3-11(12(16)17)22-15(18-7)20-13(21-22)14(24)19-8-4-9(23(25)26)6-10(5-8)27-2/h4-7,11-12H,3H2,1-2H3,(H,19,24)(H,18,20,21). The average Bonchev–Trinajstić information content (AvgIpc) is 3.04. The van der Waals surface area contributed by atoms with Crippen LogP contribution in [0.3, 0.4) is 0 Å². The Kier molecular flexibility index (Phi) is 4.88. The molecule has 0 radical (unpaired) electrons. The van der Waals surface area contributed by atoms with Gasteiger partial charge < -0.3 is 15.4 Å². The summed E-state index contributed by atoms with van der Waals surface area (Å²) in [4.78, 5) is 26.7. The highest BCUT2D eigenvalue weighted by Crippen LogP contribution is 2.30. The van der Waals surface area contributed by atoms with Crippen molar-refractivity contribution in [2.75, 3.05) is 17.7 Å². The predicted octanol–water partition coefficient (Wildman–Crippen LogP) is 2.46. The van der Waals surface area contributed by atoms with Crippen LogP contribution in [0.5, 0.6) is 5.75 Å². The first-order valence-corrected chi connectivity index (χ1v) is 7.94. The summed E-state index contributed by atoms with van der Waals surface area (Å²) in [5, 5.41) is 20.1. The van der Waals surface area contributed by atoms with Gasteiger partial charge in [-0.05, 0) is 13.3 Å². The number of ether oxygens (including phenoxy) is 1. The van der Waals surface area contributed by atoms with Gasteiger partial charge in [0.1, 0.15) is 11.8 Å². The Bertz CT molecular complexity index is 887. The van der Waals surface area contributed by atoms with Gasteiger partial charge in [0, 0.05) is 18.2 Å². The molecule has 10 nitrogen and oxygen atoms in total. The molecule has 1 amide bonds. The number of nitrogens with zero attached hydrogens (tertiary/aromatic N) is 4. The number of rotatable bonds is 5. The van der Waals surface area contributed by atoms with Crippen molar-refractivity contribution in [1.29, 1.82) is 0 Å². The Hall–Kier alpha value is -3.31. The number of alkyl halides is 2. The van der Waals surface area contributed by atoms with Gasteiger partial charge in [-0.3, -0.25) is 14.9 Å². The lowest BCUT2D eigenvalue weighted by molar-refractivity contribution is -0.384. The number of nitrogens with one attached hydrogen (secondary N) is 2. The van der Waals surface area contributed by atoms with Crippen molar-refractivity contribution in [2.45, 2.75) is 31.9 Å². The van der Waals surface area contributed by atoms with Gasteiger partial charge in [0.05, 0.1) is 23.8 Å². The van der Waals surface area contributed by atoms with Gasteiger partial charge in [0.2, 0.25) is 11.8 Å². The fourth-order valence-electron chi connectivity index (χ4n) is 2.77. The average molecular weight is 382 g/mol. The minimum Gasteiger partial charge on any atom is -0.496 e. The molecule has 3 rings (SSSR count). The summed E-state index contributed by atoms with van der Waals surface area (Å²) in [5.41, 5.74) is -0.194. The third-order valence-electron chi connectivity index (χ3n) is 4.01. The molecule has 2 unspecified atom stereocenters. The number of methoxy groups -OCH3 is 1. The minimum absolute atomic E-state index is 0.0702. The molecular formula is C15H16F2N6O4. The fourth-order valence-corrected chi connectivity index (χ4v) is 2.77. The van der Waals surface area contributed by atoms with Crippen LogP contribution in [0.2, 0.25) is 0 Å². The molecule has 2 N–H and O–H groups in total. The number of anilines is 2. The lowest BCUT2D eigenvalue weighted by atomic mass is 10.1. The van der Waals surface area contributed by atoms with E-state index >= 15 is 0 Å². The smallest absolute Gasteiger partial charge is 0.295 e. The van der Waals surface area contributed by atoms with Gasteiger partial charge in [0.15, 0.2) is 0 Å². The van der Waals surface area contributed by atoms with Gasteiger partial charge >= 0.3 is 0 Å². The van der Waals surface area contributed by atoms with Crippen molar-refractivity contribution in [3.8, 4) is 5.75 Å². The van der Waals surface area contributed by atoms with Gasteiger partial charge in [-0.15, -0.1) is 5.10 Å². The van der Waals surface area contributed by atoms with E-state index in [1.165, 1.54) is 19.2 Å². The van der Waals surface area contributed by atoms with Gasteiger partial charge in [-0.1, -0.05) is 0 Å². The highest BCUT2D eigenvalue weighted by Gasteiger charge is 2.34. The highest BCUT2D eigenvalue weighted by atomic mass is 19.3.